The van der Waals surface area contributed by atoms with Crippen LogP contribution in [0.3, 0.4) is 0 Å². The van der Waals surface area contributed by atoms with Crippen LogP contribution < -0.4 is 0 Å². The lowest BCUT2D eigenvalue weighted by molar-refractivity contribution is -0.104. The van der Waals surface area contributed by atoms with Crippen LogP contribution >= 0.6 is 0 Å². The van der Waals surface area contributed by atoms with Crippen LogP contribution in [0.5, 0.6) is 0 Å². The first-order chi connectivity index (χ1) is 9.11. The molecule has 0 heterocycles. The average molecular weight is 272 g/mol. The molecule has 19 heavy (non-hydrogen) atoms. The minimum atomic E-state index is 0.548. The zero-order chi connectivity index (χ0) is 14.5. The van der Waals surface area contributed by atoms with E-state index in [9.17, 15) is 4.79 Å². The molecule has 0 saturated carbocycles. The van der Waals surface area contributed by atoms with E-state index < -0.39 is 0 Å². The molecule has 0 aromatic heterocycles. The Kier molecular flexibility index (Phi) is 10.4. The first-order valence-electron chi connectivity index (χ1n) is 6.54. The highest BCUT2D eigenvalue weighted by atomic mass is 28.1. The van der Waals surface area contributed by atoms with Crippen molar-refractivity contribution < 1.29 is 4.79 Å². The Bertz CT molecular complexity index is 411. The van der Waals surface area contributed by atoms with E-state index in [-0.39, 0.29) is 0 Å². The quantitative estimate of drug-likeness (QED) is 0.287. The van der Waals surface area contributed by atoms with Crippen LogP contribution in [-0.4, -0.2) is 16.5 Å². The summed E-state index contributed by atoms with van der Waals surface area (Å²) in [4.78, 5) is 10.0. The summed E-state index contributed by atoms with van der Waals surface area (Å²) in [6.07, 6.45) is 20.1. The second-order valence-electron chi connectivity index (χ2n) is 4.51. The van der Waals surface area contributed by atoms with E-state index in [2.05, 4.69) is 38.7 Å². The third kappa shape index (κ3) is 9.98. The van der Waals surface area contributed by atoms with Crippen molar-refractivity contribution in [2.45, 2.75) is 19.4 Å². The summed E-state index contributed by atoms with van der Waals surface area (Å²) in [6.45, 7) is 8.04. The molecule has 0 aliphatic carbocycles. The first kappa shape index (κ1) is 17.3. The van der Waals surface area contributed by atoms with Crippen molar-refractivity contribution in [3.8, 4) is 0 Å². The maximum absolute atomic E-state index is 10.0. The lowest BCUT2D eigenvalue weighted by Crippen LogP contribution is -2.00. The van der Waals surface area contributed by atoms with Crippen molar-refractivity contribution in [1.29, 1.82) is 0 Å². The van der Waals surface area contributed by atoms with Crippen molar-refractivity contribution >= 4 is 16.5 Å². The Balaban J connectivity index is 4.39. The fraction of sp³-hybridized carbons (Fsp3) is 0.235. The molecule has 0 aliphatic heterocycles. The number of aldehydes is 1. The van der Waals surface area contributed by atoms with Gasteiger partial charge in [0.25, 0.3) is 0 Å². The summed E-state index contributed by atoms with van der Waals surface area (Å²) in [5.41, 5.74) is 1.89. The molecule has 0 amide bonds. The molecule has 0 N–H and O–H groups in total. The highest BCUT2D eigenvalue weighted by Crippen LogP contribution is 2.19. The standard InChI is InChI=1S/C17H24OSi/c1-4-5-12-17(19)16(3)14-15(2)11-9-7-6-8-10-13-18/h4-14,16-17H,1H2,2-3,19H3/b7-6+,10-8+,11-9+,12-5+,15-14+. The lowest BCUT2D eigenvalue weighted by atomic mass is 10.0. The fourth-order valence-corrected chi connectivity index (χ4v) is 1.91. The zero-order valence-electron chi connectivity index (χ0n) is 12.1. The van der Waals surface area contributed by atoms with E-state index in [1.54, 1.807) is 6.08 Å². The first-order valence-corrected chi connectivity index (χ1v) is 7.70. The molecule has 102 valence electrons. The molecule has 0 radical (unpaired) electrons. The summed E-state index contributed by atoms with van der Waals surface area (Å²) in [5, 5.41) is 0. The van der Waals surface area contributed by atoms with Gasteiger partial charge in [0.1, 0.15) is 6.29 Å². The predicted octanol–water partition coefficient (Wildman–Crippen LogP) is 3.33. The molecule has 0 rings (SSSR count). The monoisotopic (exact) mass is 272 g/mol. The van der Waals surface area contributed by atoms with Gasteiger partial charge < -0.3 is 0 Å². The van der Waals surface area contributed by atoms with Gasteiger partial charge in [0.15, 0.2) is 0 Å². The molecule has 0 aliphatic rings. The Hall–Kier alpha value is -1.67. The lowest BCUT2D eigenvalue weighted by Gasteiger charge is -2.12. The Labute approximate surface area is 120 Å². The number of hydrogen-bond acceptors (Lipinski definition) is 1. The molecule has 0 aromatic rings. The molecule has 2 unspecified atom stereocenters. The summed E-state index contributed by atoms with van der Waals surface area (Å²) in [6, 6.07) is 0. The minimum Gasteiger partial charge on any atom is -0.299 e. The van der Waals surface area contributed by atoms with Gasteiger partial charge in [0.2, 0.25) is 0 Å². The Morgan fingerprint density at radius 2 is 1.74 bits per heavy atom. The van der Waals surface area contributed by atoms with Gasteiger partial charge in [-0.1, -0.05) is 73.8 Å². The zero-order valence-corrected chi connectivity index (χ0v) is 14.1. The molecule has 0 fully saturated rings. The van der Waals surface area contributed by atoms with Gasteiger partial charge in [-0.05, 0) is 24.5 Å². The van der Waals surface area contributed by atoms with Gasteiger partial charge in [-0.25, -0.2) is 0 Å². The van der Waals surface area contributed by atoms with Crippen LogP contribution in [0.2, 0.25) is 5.54 Å². The maximum Gasteiger partial charge on any atom is 0.142 e. The third-order valence-electron chi connectivity index (χ3n) is 2.79. The number of carbonyl (C=O) groups excluding carboxylic acids is 1. The smallest absolute Gasteiger partial charge is 0.142 e. The number of rotatable bonds is 8. The van der Waals surface area contributed by atoms with Crippen LogP contribution in [0.4, 0.5) is 0 Å². The third-order valence-corrected chi connectivity index (χ3v) is 4.22. The maximum atomic E-state index is 10.0. The van der Waals surface area contributed by atoms with Crippen molar-refractivity contribution in [2.75, 3.05) is 0 Å². The van der Waals surface area contributed by atoms with Crippen molar-refractivity contribution in [3.05, 3.63) is 72.9 Å². The summed E-state index contributed by atoms with van der Waals surface area (Å²) < 4.78 is 0. The van der Waals surface area contributed by atoms with Gasteiger partial charge in [-0.3, -0.25) is 4.79 Å². The molecular weight excluding hydrogens is 248 g/mol. The summed E-state index contributed by atoms with van der Waals surface area (Å²) in [5.74, 6) is 0.548. The van der Waals surface area contributed by atoms with Gasteiger partial charge in [0.05, 0.1) is 0 Å². The van der Waals surface area contributed by atoms with Crippen LogP contribution in [0.25, 0.3) is 0 Å². The van der Waals surface area contributed by atoms with E-state index >= 15 is 0 Å². The van der Waals surface area contributed by atoms with Crippen molar-refractivity contribution in [2.24, 2.45) is 5.92 Å². The highest BCUT2D eigenvalue weighted by Gasteiger charge is 2.05. The number of allylic oxidation sites excluding steroid dienone is 11. The average Bonchev–Trinajstić information content (AvgIpc) is 2.39. The molecule has 0 saturated heterocycles. The van der Waals surface area contributed by atoms with Gasteiger partial charge in [-0.15, -0.1) is 0 Å². The second-order valence-corrected chi connectivity index (χ2v) is 5.85. The summed E-state index contributed by atoms with van der Waals surface area (Å²) >= 11 is 0. The Morgan fingerprint density at radius 3 is 2.37 bits per heavy atom. The minimum absolute atomic E-state index is 0.548. The molecule has 2 atom stereocenters. The van der Waals surface area contributed by atoms with E-state index in [1.165, 1.54) is 11.6 Å². The van der Waals surface area contributed by atoms with Crippen molar-refractivity contribution in [3.63, 3.8) is 0 Å². The molecule has 0 spiro atoms. The molecule has 2 heteroatoms. The largest absolute Gasteiger partial charge is 0.299 e. The van der Waals surface area contributed by atoms with Crippen LogP contribution in [0, 0.1) is 5.92 Å². The van der Waals surface area contributed by atoms with Crippen LogP contribution in [-0.2, 0) is 4.79 Å². The van der Waals surface area contributed by atoms with Crippen LogP contribution in [0.15, 0.2) is 72.9 Å². The van der Waals surface area contributed by atoms with Gasteiger partial charge >= 0.3 is 0 Å². The van der Waals surface area contributed by atoms with Gasteiger partial charge in [-0.2, -0.15) is 0 Å². The fourth-order valence-electron chi connectivity index (χ4n) is 1.50. The molecule has 0 bridgehead atoms. The van der Waals surface area contributed by atoms with Crippen LogP contribution in [0.1, 0.15) is 13.8 Å². The van der Waals surface area contributed by atoms with E-state index in [0.717, 1.165) is 16.5 Å². The van der Waals surface area contributed by atoms with E-state index in [1.807, 2.05) is 30.4 Å². The molecule has 1 nitrogen and oxygen atoms in total. The highest BCUT2D eigenvalue weighted by molar-refractivity contribution is 6.13. The number of carbonyl (C=O) groups is 1. The predicted molar refractivity (Wildman–Crippen MR) is 89.4 cm³/mol. The normalized spacial score (nSPS) is 16.8. The SMILES string of the molecule is C=C/C=C/C([SiH3])C(C)/C=C(C)/C=C/C=C/C=C/C=O. The van der Waals surface area contributed by atoms with Crippen molar-refractivity contribution in [1.82, 2.24) is 0 Å². The Morgan fingerprint density at radius 1 is 1.11 bits per heavy atom. The van der Waals surface area contributed by atoms with Gasteiger partial charge in [0, 0.05) is 10.2 Å². The van der Waals surface area contributed by atoms with E-state index in [4.69, 9.17) is 0 Å². The topological polar surface area (TPSA) is 17.1 Å². The molecule has 0 aromatic carbocycles. The number of hydrogen-bond donors (Lipinski definition) is 0. The second kappa shape index (κ2) is 11.4. The summed E-state index contributed by atoms with van der Waals surface area (Å²) in [7, 11) is 1.14. The molecular formula is C17H24OSi. The van der Waals surface area contributed by atoms with E-state index in [0.29, 0.717) is 11.5 Å².